The van der Waals surface area contributed by atoms with E-state index in [1.807, 2.05) is 24.3 Å². The van der Waals surface area contributed by atoms with Crippen LogP contribution in [0.5, 0.6) is 0 Å². The highest BCUT2D eigenvalue weighted by Gasteiger charge is 2.39. The minimum absolute atomic E-state index is 0.134. The fourth-order valence-corrected chi connectivity index (χ4v) is 4.71. The lowest BCUT2D eigenvalue weighted by molar-refractivity contribution is -0.117. The van der Waals surface area contributed by atoms with Gasteiger partial charge in [0, 0.05) is 20.6 Å². The zero-order valence-electron chi connectivity index (χ0n) is 15.0. The second-order valence-corrected chi connectivity index (χ2v) is 8.86. The summed E-state index contributed by atoms with van der Waals surface area (Å²) in [5.74, 6) is 0.372. The molecule has 27 heavy (non-hydrogen) atoms. The number of aromatic nitrogens is 3. The number of rotatable bonds is 4. The van der Waals surface area contributed by atoms with Crippen LogP contribution in [-0.2, 0) is 16.8 Å². The third-order valence-corrected chi connectivity index (χ3v) is 6.71. The maximum Gasteiger partial charge on any atom is 0.256 e. The van der Waals surface area contributed by atoms with Gasteiger partial charge in [0.25, 0.3) is 5.91 Å². The number of hydrogen-bond acceptors (Lipinski definition) is 4. The van der Waals surface area contributed by atoms with E-state index in [4.69, 9.17) is 0 Å². The molecule has 0 saturated heterocycles. The summed E-state index contributed by atoms with van der Waals surface area (Å²) < 4.78 is 1.01. The third kappa shape index (κ3) is 3.37. The number of aryl methyl sites for hydroxylation is 1. The first-order valence-electron chi connectivity index (χ1n) is 8.76. The lowest BCUT2D eigenvalue weighted by Crippen LogP contribution is -2.47. The summed E-state index contributed by atoms with van der Waals surface area (Å²) in [5.41, 5.74) is 2.16. The van der Waals surface area contributed by atoms with Crippen molar-refractivity contribution in [1.82, 2.24) is 20.5 Å². The molecule has 1 amide bonds. The van der Waals surface area contributed by atoms with Crippen LogP contribution in [0.3, 0.4) is 0 Å². The van der Waals surface area contributed by atoms with Crippen molar-refractivity contribution in [2.45, 2.75) is 32.2 Å². The molecule has 7 heteroatoms. The van der Waals surface area contributed by atoms with Crippen molar-refractivity contribution in [3.05, 3.63) is 68.3 Å². The van der Waals surface area contributed by atoms with Crippen molar-refractivity contribution in [2.75, 3.05) is 0 Å². The number of H-pyrrole nitrogens is 1. The zero-order valence-corrected chi connectivity index (χ0v) is 17.4. The largest absolute Gasteiger partial charge is 0.342 e. The van der Waals surface area contributed by atoms with Crippen LogP contribution < -0.4 is 5.32 Å². The monoisotopic (exact) mass is 442 g/mol. The lowest BCUT2D eigenvalue weighted by atomic mass is 9.80. The molecule has 138 valence electrons. The van der Waals surface area contributed by atoms with Crippen molar-refractivity contribution < 1.29 is 4.79 Å². The summed E-state index contributed by atoms with van der Waals surface area (Å²) in [6.45, 7) is 4.21. The Balaban J connectivity index is 1.85. The summed E-state index contributed by atoms with van der Waals surface area (Å²) in [5, 5.41) is 9.98. The highest BCUT2D eigenvalue weighted by Crippen LogP contribution is 2.42. The number of nitrogens with one attached hydrogen (secondary N) is 2. The Bertz CT molecular complexity index is 1010. The zero-order chi connectivity index (χ0) is 19.0. The van der Waals surface area contributed by atoms with Crippen molar-refractivity contribution >= 4 is 44.3 Å². The molecular weight excluding hydrogens is 424 g/mol. The topological polar surface area (TPSA) is 70.7 Å². The summed E-state index contributed by atoms with van der Waals surface area (Å²) in [6, 6.07) is 12.3. The molecule has 3 heterocycles. The molecule has 1 unspecified atom stereocenters. The van der Waals surface area contributed by atoms with Crippen molar-refractivity contribution in [3.63, 3.8) is 0 Å². The predicted molar refractivity (Wildman–Crippen MR) is 111 cm³/mol. The Hall–Kier alpha value is -2.25. The fraction of sp³-hybridized carbons (Fsp3) is 0.250. The number of nitrogens with zero attached hydrogens (tertiary/aromatic N) is 2. The van der Waals surface area contributed by atoms with Crippen LogP contribution in [0.15, 0.2) is 47.2 Å². The van der Waals surface area contributed by atoms with Crippen LogP contribution in [0.4, 0.5) is 0 Å². The standard InChI is InChI=1S/C20H19BrN4OS/c1-3-14-8-9-16(27-14)15-10-20(2,12-4-6-13(21)7-5-12)24-19(26)17(15)18-22-11-23-25-18/h4-9,11H,3,10H2,1-2H3,(H,24,26)(H,22,23,25). The van der Waals surface area contributed by atoms with Crippen molar-refractivity contribution in [3.8, 4) is 0 Å². The normalized spacial score (nSPS) is 20.0. The van der Waals surface area contributed by atoms with Gasteiger partial charge < -0.3 is 5.32 Å². The summed E-state index contributed by atoms with van der Waals surface area (Å²) in [4.78, 5) is 19.8. The van der Waals surface area contributed by atoms with E-state index < -0.39 is 5.54 Å². The number of hydrogen-bond donors (Lipinski definition) is 2. The Kier molecular flexibility index (Phi) is 4.74. The molecule has 1 aliphatic heterocycles. The van der Waals surface area contributed by atoms with Crippen molar-refractivity contribution in [2.24, 2.45) is 0 Å². The van der Waals surface area contributed by atoms with Gasteiger partial charge in [0.15, 0.2) is 5.82 Å². The summed E-state index contributed by atoms with van der Waals surface area (Å²) in [6.07, 6.45) is 3.09. The minimum atomic E-state index is -0.493. The Morgan fingerprint density at radius 3 is 2.63 bits per heavy atom. The van der Waals surface area contributed by atoms with Gasteiger partial charge in [-0.25, -0.2) is 4.98 Å². The van der Waals surface area contributed by atoms with Crippen LogP contribution in [0.25, 0.3) is 11.1 Å². The first-order valence-corrected chi connectivity index (χ1v) is 10.4. The highest BCUT2D eigenvalue weighted by molar-refractivity contribution is 9.10. The predicted octanol–water partition coefficient (Wildman–Crippen LogP) is 4.54. The highest BCUT2D eigenvalue weighted by atomic mass is 79.9. The summed E-state index contributed by atoms with van der Waals surface area (Å²) >= 11 is 5.21. The molecule has 2 aromatic heterocycles. The summed E-state index contributed by atoms with van der Waals surface area (Å²) in [7, 11) is 0. The molecule has 1 aromatic carbocycles. The van der Waals surface area contributed by atoms with E-state index >= 15 is 0 Å². The fourth-order valence-electron chi connectivity index (χ4n) is 3.45. The molecule has 5 nitrogen and oxygen atoms in total. The van der Waals surface area contributed by atoms with E-state index in [1.165, 1.54) is 11.2 Å². The molecule has 3 aromatic rings. The van der Waals surface area contributed by atoms with Gasteiger partial charge in [0.1, 0.15) is 6.33 Å². The number of carbonyl (C=O) groups is 1. The van der Waals surface area contributed by atoms with Gasteiger partial charge in [-0.15, -0.1) is 11.3 Å². The van der Waals surface area contributed by atoms with Gasteiger partial charge in [0.05, 0.1) is 11.1 Å². The average molecular weight is 443 g/mol. The Labute approximate surface area is 170 Å². The Morgan fingerprint density at radius 1 is 1.22 bits per heavy atom. The van der Waals surface area contributed by atoms with Gasteiger partial charge >= 0.3 is 0 Å². The van der Waals surface area contributed by atoms with E-state index in [0.717, 1.165) is 26.9 Å². The van der Waals surface area contributed by atoms with E-state index in [2.05, 4.69) is 62.4 Å². The molecule has 0 aliphatic carbocycles. The number of aromatic amines is 1. The lowest BCUT2D eigenvalue weighted by Gasteiger charge is -2.37. The SMILES string of the molecule is CCc1ccc(C2=C(c3ncn[nH]3)C(=O)NC(C)(c3ccc(Br)cc3)C2)s1. The molecule has 2 N–H and O–H groups in total. The van der Waals surface area contributed by atoms with Crippen molar-refractivity contribution in [1.29, 1.82) is 0 Å². The molecule has 1 aliphatic rings. The number of benzene rings is 1. The third-order valence-electron chi connectivity index (χ3n) is 4.89. The maximum atomic E-state index is 13.1. The van der Waals surface area contributed by atoms with Crippen LogP contribution in [0.1, 0.15) is 41.4 Å². The van der Waals surface area contributed by atoms with Gasteiger partial charge in [0.2, 0.25) is 0 Å². The van der Waals surface area contributed by atoms with Crippen LogP contribution >= 0.6 is 27.3 Å². The van der Waals surface area contributed by atoms with Crippen LogP contribution in [0, 0.1) is 0 Å². The second kappa shape index (κ2) is 7.05. The van der Waals surface area contributed by atoms with E-state index in [9.17, 15) is 4.79 Å². The first kappa shape index (κ1) is 18.1. The quantitative estimate of drug-likeness (QED) is 0.622. The average Bonchev–Trinajstić information content (AvgIpc) is 3.33. The van der Waals surface area contributed by atoms with Crippen LogP contribution in [0.2, 0.25) is 0 Å². The molecule has 0 saturated carbocycles. The second-order valence-electron chi connectivity index (χ2n) is 6.78. The molecule has 0 bridgehead atoms. The first-order chi connectivity index (χ1) is 13.0. The van der Waals surface area contributed by atoms with Gasteiger partial charge in [-0.2, -0.15) is 5.10 Å². The Morgan fingerprint density at radius 2 is 2.00 bits per heavy atom. The van der Waals surface area contributed by atoms with Crippen LogP contribution in [-0.4, -0.2) is 21.1 Å². The maximum absolute atomic E-state index is 13.1. The molecule has 0 spiro atoms. The number of thiophene rings is 1. The molecule has 0 fully saturated rings. The number of carbonyl (C=O) groups excluding carboxylic acids is 1. The molecule has 1 atom stereocenters. The molecule has 4 rings (SSSR count). The number of halogens is 1. The number of amides is 1. The minimum Gasteiger partial charge on any atom is -0.342 e. The van der Waals surface area contributed by atoms with E-state index in [1.54, 1.807) is 11.3 Å². The van der Waals surface area contributed by atoms with Gasteiger partial charge in [-0.3, -0.25) is 9.89 Å². The smallest absolute Gasteiger partial charge is 0.256 e. The van der Waals surface area contributed by atoms with E-state index in [0.29, 0.717) is 17.8 Å². The van der Waals surface area contributed by atoms with Gasteiger partial charge in [-0.1, -0.05) is 35.0 Å². The van der Waals surface area contributed by atoms with Gasteiger partial charge in [-0.05, 0) is 48.7 Å². The molecule has 0 radical (unpaired) electrons. The molecular formula is C20H19BrN4OS. The van der Waals surface area contributed by atoms with E-state index in [-0.39, 0.29) is 5.91 Å².